The van der Waals surface area contributed by atoms with Crippen LogP contribution in [-0.4, -0.2) is 9.97 Å². The number of halogens is 1. The second kappa shape index (κ2) is 7.77. The zero-order valence-corrected chi connectivity index (χ0v) is 17.3. The van der Waals surface area contributed by atoms with Crippen molar-refractivity contribution < 1.29 is 0 Å². The first kappa shape index (κ1) is 18.1. The highest BCUT2D eigenvalue weighted by molar-refractivity contribution is 9.10. The largest absolute Gasteiger partial charge is 0.262 e. The molecule has 0 saturated heterocycles. The summed E-state index contributed by atoms with van der Waals surface area (Å²) in [4.78, 5) is 7.44. The molecular weight excluding hydrogens is 396 g/mol. The van der Waals surface area contributed by atoms with Crippen molar-refractivity contribution in [3.05, 3.63) is 82.3 Å². The van der Waals surface area contributed by atoms with Gasteiger partial charge in [-0.3, -0.25) is 9.97 Å². The van der Waals surface area contributed by atoms with E-state index in [4.69, 9.17) is 0 Å². The van der Waals surface area contributed by atoms with Crippen molar-refractivity contribution in [2.75, 3.05) is 0 Å². The Kier molecular flexibility index (Phi) is 5.22. The van der Waals surface area contributed by atoms with Gasteiger partial charge in [-0.15, -0.1) is 0 Å². The second-order valence-electron chi connectivity index (χ2n) is 7.28. The summed E-state index contributed by atoms with van der Waals surface area (Å²) in [6.45, 7) is 4.58. The Morgan fingerprint density at radius 3 is 2.37 bits per heavy atom. The number of aryl methyl sites for hydroxylation is 2. The molecule has 0 unspecified atom stereocenters. The second-order valence-corrected chi connectivity index (χ2v) is 8.13. The molecule has 3 aromatic carbocycles. The van der Waals surface area contributed by atoms with Crippen molar-refractivity contribution in [1.29, 1.82) is 0 Å². The fourth-order valence-electron chi connectivity index (χ4n) is 4.28. The first-order chi connectivity index (χ1) is 13.2. The van der Waals surface area contributed by atoms with Crippen LogP contribution in [0.2, 0.25) is 0 Å². The van der Waals surface area contributed by atoms with Crippen LogP contribution in [0.25, 0.3) is 21.5 Å². The number of benzene rings is 3. The van der Waals surface area contributed by atoms with Crippen LogP contribution >= 0.6 is 15.9 Å². The van der Waals surface area contributed by atoms with E-state index in [1.165, 1.54) is 50.8 Å². The third kappa shape index (κ3) is 3.49. The predicted octanol–water partition coefficient (Wildman–Crippen LogP) is 6.98. The van der Waals surface area contributed by atoms with Gasteiger partial charge in [-0.05, 0) is 76.4 Å². The lowest BCUT2D eigenvalue weighted by molar-refractivity contribution is 0.595. The van der Waals surface area contributed by atoms with E-state index in [1.807, 2.05) is 0 Å². The number of rotatable bonds is 0. The van der Waals surface area contributed by atoms with Crippen molar-refractivity contribution in [3.63, 3.8) is 0 Å². The average molecular weight is 419 g/mol. The van der Waals surface area contributed by atoms with Gasteiger partial charge in [0.2, 0.25) is 0 Å². The van der Waals surface area contributed by atoms with E-state index in [0.717, 1.165) is 0 Å². The number of fused-ring (bicyclic) bond motifs is 5. The zero-order valence-electron chi connectivity index (χ0n) is 15.7. The molecule has 1 atom stereocenters. The van der Waals surface area contributed by atoms with Crippen LogP contribution < -0.4 is 0 Å². The summed E-state index contributed by atoms with van der Waals surface area (Å²) >= 11 is 3.82. The van der Waals surface area contributed by atoms with Gasteiger partial charge >= 0.3 is 0 Å². The van der Waals surface area contributed by atoms with Crippen molar-refractivity contribution in [2.45, 2.75) is 39.0 Å². The first-order valence-corrected chi connectivity index (χ1v) is 10.3. The van der Waals surface area contributed by atoms with Gasteiger partial charge in [0.05, 0.1) is 0 Å². The summed E-state index contributed by atoms with van der Waals surface area (Å²) in [6.07, 6.45) is 10.4. The Morgan fingerprint density at radius 2 is 1.67 bits per heavy atom. The van der Waals surface area contributed by atoms with Crippen molar-refractivity contribution >= 4 is 37.5 Å². The molecule has 0 amide bonds. The Hall–Kier alpha value is -2.26. The molecule has 0 aliphatic heterocycles. The minimum absolute atomic E-state index is 0.673. The molecule has 3 heteroatoms. The quantitative estimate of drug-likeness (QED) is 0.287. The molecule has 0 radical (unpaired) electrons. The third-order valence-electron chi connectivity index (χ3n) is 5.50. The minimum Gasteiger partial charge on any atom is -0.262 e. The van der Waals surface area contributed by atoms with Crippen LogP contribution in [-0.2, 0) is 6.42 Å². The molecule has 4 aromatic rings. The topological polar surface area (TPSA) is 25.8 Å². The maximum atomic E-state index is 3.82. The van der Waals surface area contributed by atoms with Gasteiger partial charge in [-0.2, -0.15) is 0 Å². The Bertz CT molecular complexity index is 1060. The normalized spacial score (nSPS) is 15.9. The monoisotopic (exact) mass is 418 g/mol. The fourth-order valence-corrected chi connectivity index (χ4v) is 5.03. The Labute approximate surface area is 168 Å². The highest BCUT2D eigenvalue weighted by atomic mass is 79.9. The summed E-state index contributed by atoms with van der Waals surface area (Å²) in [7, 11) is 0. The number of hydrogen-bond donors (Lipinski definition) is 0. The number of hydrogen-bond acceptors (Lipinski definition) is 2. The van der Waals surface area contributed by atoms with Crippen LogP contribution in [0.4, 0.5) is 0 Å². The molecule has 1 aliphatic rings. The highest BCUT2D eigenvalue weighted by Crippen LogP contribution is 2.41. The molecule has 5 rings (SSSR count). The third-order valence-corrected chi connectivity index (χ3v) is 6.13. The van der Waals surface area contributed by atoms with E-state index in [1.54, 1.807) is 35.9 Å². The van der Waals surface area contributed by atoms with Gasteiger partial charge in [0.25, 0.3) is 0 Å². The molecule has 1 heterocycles. The summed E-state index contributed by atoms with van der Waals surface area (Å²) in [5.41, 5.74) is 4.48. The molecule has 1 aliphatic carbocycles. The SMILES string of the molecule is Cc1cccc2c1c(Br)cc1c3c(ccc12)CCC[C@H]3C.c1cnccn1. The van der Waals surface area contributed by atoms with Gasteiger partial charge < -0.3 is 0 Å². The lowest BCUT2D eigenvalue weighted by Crippen LogP contribution is -2.07. The summed E-state index contributed by atoms with van der Waals surface area (Å²) in [5.74, 6) is 0.673. The molecule has 0 bridgehead atoms. The molecular formula is C24H23BrN2. The fraction of sp³-hybridized carbons (Fsp3) is 0.250. The predicted molar refractivity (Wildman–Crippen MR) is 117 cm³/mol. The molecule has 0 fully saturated rings. The molecule has 136 valence electrons. The van der Waals surface area contributed by atoms with Gasteiger partial charge in [0.1, 0.15) is 0 Å². The van der Waals surface area contributed by atoms with Gasteiger partial charge in [0, 0.05) is 29.3 Å². The van der Waals surface area contributed by atoms with Crippen LogP contribution in [0.3, 0.4) is 0 Å². The highest BCUT2D eigenvalue weighted by Gasteiger charge is 2.20. The van der Waals surface area contributed by atoms with E-state index in [2.05, 4.69) is 76.1 Å². The maximum absolute atomic E-state index is 3.82. The first-order valence-electron chi connectivity index (χ1n) is 9.50. The molecule has 27 heavy (non-hydrogen) atoms. The number of nitrogens with zero attached hydrogens (tertiary/aromatic N) is 2. The minimum atomic E-state index is 0.673. The maximum Gasteiger partial charge on any atom is 0.0451 e. The molecule has 1 aromatic heterocycles. The Morgan fingerprint density at radius 1 is 0.926 bits per heavy atom. The standard InChI is InChI=1S/C20H19Br.C4H4N2/c1-12-5-3-7-14-9-10-15-16-8-4-6-13(2)20(16)18(21)11-17(15)19(12)14;1-2-6-4-3-5-1/h4,6,8-12H,3,5,7H2,1-2H3;1-4H/t12-;/m1./s1. The molecule has 0 spiro atoms. The Balaban J connectivity index is 0.000000257. The van der Waals surface area contributed by atoms with E-state index >= 15 is 0 Å². The van der Waals surface area contributed by atoms with Crippen LogP contribution in [0, 0.1) is 6.92 Å². The lowest BCUT2D eigenvalue weighted by atomic mass is 9.80. The van der Waals surface area contributed by atoms with Crippen molar-refractivity contribution in [2.24, 2.45) is 0 Å². The summed E-state index contributed by atoms with van der Waals surface area (Å²) in [5, 5.41) is 5.59. The van der Waals surface area contributed by atoms with Crippen LogP contribution in [0.15, 0.2) is 65.7 Å². The summed E-state index contributed by atoms with van der Waals surface area (Å²) < 4.78 is 1.23. The van der Waals surface area contributed by atoms with Crippen LogP contribution in [0.1, 0.15) is 42.4 Å². The zero-order chi connectivity index (χ0) is 18.8. The van der Waals surface area contributed by atoms with E-state index < -0.39 is 0 Å². The van der Waals surface area contributed by atoms with Crippen molar-refractivity contribution in [3.8, 4) is 0 Å². The van der Waals surface area contributed by atoms with E-state index in [9.17, 15) is 0 Å². The molecule has 2 nitrogen and oxygen atoms in total. The van der Waals surface area contributed by atoms with E-state index in [-0.39, 0.29) is 0 Å². The van der Waals surface area contributed by atoms with Crippen molar-refractivity contribution in [1.82, 2.24) is 9.97 Å². The molecule has 0 saturated carbocycles. The van der Waals surface area contributed by atoms with Crippen LogP contribution in [0.5, 0.6) is 0 Å². The van der Waals surface area contributed by atoms with E-state index in [0.29, 0.717) is 5.92 Å². The lowest BCUT2D eigenvalue weighted by Gasteiger charge is -2.25. The van der Waals surface area contributed by atoms with Gasteiger partial charge in [0.15, 0.2) is 0 Å². The summed E-state index contributed by atoms with van der Waals surface area (Å²) in [6, 6.07) is 13.7. The smallest absolute Gasteiger partial charge is 0.0451 e. The van der Waals surface area contributed by atoms with Gasteiger partial charge in [-0.25, -0.2) is 0 Å². The number of aromatic nitrogens is 2. The van der Waals surface area contributed by atoms with Gasteiger partial charge in [-0.1, -0.05) is 53.2 Å². The average Bonchev–Trinajstić information content (AvgIpc) is 2.70. The molecule has 0 N–H and O–H groups in total.